The standard InChI is InChI=1S/C33H32ClNO4/c1-35(33(37)39-24-25-8-4-2-5-9-25)22-23-38-30-18-14-28(15-19-30)32(27-12-16-29(36)17-13-27)31(20-21-34)26-10-6-3-7-11-26/h2-19,36H,20-24H2,1H3/b32-31-. The monoisotopic (exact) mass is 541 g/mol. The summed E-state index contributed by atoms with van der Waals surface area (Å²) in [5.41, 5.74) is 6.22. The van der Waals surface area contributed by atoms with Crippen molar-refractivity contribution in [1.82, 2.24) is 4.90 Å². The van der Waals surface area contributed by atoms with Crippen molar-refractivity contribution >= 4 is 28.8 Å². The maximum absolute atomic E-state index is 12.3. The van der Waals surface area contributed by atoms with Crippen LogP contribution in [0.3, 0.4) is 0 Å². The van der Waals surface area contributed by atoms with Gasteiger partial charge in [0.1, 0.15) is 24.7 Å². The summed E-state index contributed by atoms with van der Waals surface area (Å²) in [6.07, 6.45) is 0.293. The van der Waals surface area contributed by atoms with Crippen LogP contribution in [0.2, 0.25) is 0 Å². The van der Waals surface area contributed by atoms with Gasteiger partial charge in [-0.05, 0) is 64.1 Å². The molecule has 0 aliphatic rings. The number of ether oxygens (including phenoxy) is 2. The Balaban J connectivity index is 1.45. The number of hydrogen-bond acceptors (Lipinski definition) is 4. The van der Waals surface area contributed by atoms with E-state index in [0.29, 0.717) is 31.2 Å². The van der Waals surface area contributed by atoms with Crippen molar-refractivity contribution in [3.63, 3.8) is 0 Å². The average Bonchev–Trinajstić information content (AvgIpc) is 2.98. The van der Waals surface area contributed by atoms with Crippen LogP contribution in [0.1, 0.15) is 28.7 Å². The Morgan fingerprint density at radius 1 is 0.795 bits per heavy atom. The van der Waals surface area contributed by atoms with E-state index < -0.39 is 6.09 Å². The van der Waals surface area contributed by atoms with Crippen molar-refractivity contribution in [3.05, 3.63) is 131 Å². The summed E-state index contributed by atoms with van der Waals surface area (Å²) < 4.78 is 11.3. The minimum Gasteiger partial charge on any atom is -0.508 e. The highest BCUT2D eigenvalue weighted by atomic mass is 35.5. The molecule has 0 aliphatic carbocycles. The summed E-state index contributed by atoms with van der Waals surface area (Å²) in [6.45, 7) is 0.957. The number of carbonyl (C=O) groups excluding carboxylic acids is 1. The molecule has 4 aromatic carbocycles. The molecular formula is C33H32ClNO4. The Labute approximate surface area is 234 Å². The molecule has 4 aromatic rings. The van der Waals surface area contributed by atoms with Crippen molar-refractivity contribution in [1.29, 1.82) is 0 Å². The lowest BCUT2D eigenvalue weighted by atomic mass is 9.88. The highest BCUT2D eigenvalue weighted by molar-refractivity contribution is 6.18. The molecule has 0 aliphatic heterocycles. The smallest absolute Gasteiger partial charge is 0.409 e. The Hall–Kier alpha value is -4.22. The molecule has 0 saturated heterocycles. The lowest BCUT2D eigenvalue weighted by Crippen LogP contribution is -2.31. The largest absolute Gasteiger partial charge is 0.508 e. The van der Waals surface area contributed by atoms with Gasteiger partial charge in [-0.2, -0.15) is 0 Å². The van der Waals surface area contributed by atoms with Crippen LogP contribution in [0.25, 0.3) is 11.1 Å². The quantitative estimate of drug-likeness (QED) is 0.157. The molecule has 0 bridgehead atoms. The van der Waals surface area contributed by atoms with Crippen LogP contribution in [0.15, 0.2) is 109 Å². The molecule has 0 atom stereocenters. The number of nitrogens with zero attached hydrogens (tertiary/aromatic N) is 1. The number of likely N-dealkylation sites (N-methyl/N-ethyl adjacent to an activating group) is 1. The lowest BCUT2D eigenvalue weighted by Gasteiger charge is -2.18. The molecule has 5 nitrogen and oxygen atoms in total. The first-order valence-corrected chi connectivity index (χ1v) is 13.4. The SMILES string of the molecule is CN(CCOc1ccc(/C(=C(/CCCl)c2ccccc2)c2ccc(O)cc2)cc1)C(=O)OCc1ccccc1. The molecule has 6 heteroatoms. The number of carbonyl (C=O) groups is 1. The van der Waals surface area contributed by atoms with Gasteiger partial charge in [0.25, 0.3) is 0 Å². The first kappa shape index (κ1) is 27.8. The molecule has 0 heterocycles. The number of allylic oxidation sites excluding steroid dienone is 1. The van der Waals surface area contributed by atoms with Gasteiger partial charge in [-0.25, -0.2) is 4.79 Å². The highest BCUT2D eigenvalue weighted by Crippen LogP contribution is 2.36. The van der Waals surface area contributed by atoms with E-state index in [-0.39, 0.29) is 12.4 Å². The fourth-order valence-corrected chi connectivity index (χ4v) is 4.42. The van der Waals surface area contributed by atoms with Crippen LogP contribution in [0.4, 0.5) is 4.79 Å². The van der Waals surface area contributed by atoms with Crippen LogP contribution in [-0.2, 0) is 11.3 Å². The molecule has 1 N–H and O–H groups in total. The number of amides is 1. The normalized spacial score (nSPS) is 11.4. The van der Waals surface area contributed by atoms with Crippen LogP contribution >= 0.6 is 11.6 Å². The lowest BCUT2D eigenvalue weighted by molar-refractivity contribution is 0.0994. The third-order valence-electron chi connectivity index (χ3n) is 6.28. The highest BCUT2D eigenvalue weighted by Gasteiger charge is 2.15. The molecule has 4 rings (SSSR count). The van der Waals surface area contributed by atoms with Crippen LogP contribution in [-0.4, -0.2) is 42.2 Å². The second-order valence-electron chi connectivity index (χ2n) is 9.04. The third kappa shape index (κ3) is 7.88. The third-order valence-corrected chi connectivity index (χ3v) is 6.47. The zero-order valence-corrected chi connectivity index (χ0v) is 22.7. The van der Waals surface area contributed by atoms with E-state index >= 15 is 0 Å². The zero-order valence-electron chi connectivity index (χ0n) is 21.9. The first-order valence-electron chi connectivity index (χ1n) is 12.8. The van der Waals surface area contributed by atoms with Crippen LogP contribution in [0.5, 0.6) is 11.5 Å². The van der Waals surface area contributed by atoms with Gasteiger partial charge in [0.2, 0.25) is 0 Å². The molecular weight excluding hydrogens is 510 g/mol. The summed E-state index contributed by atoms with van der Waals surface area (Å²) in [7, 11) is 1.69. The number of aromatic hydroxyl groups is 1. The Morgan fingerprint density at radius 3 is 2.00 bits per heavy atom. The second-order valence-corrected chi connectivity index (χ2v) is 9.42. The molecule has 200 valence electrons. The zero-order chi connectivity index (χ0) is 27.5. The van der Waals surface area contributed by atoms with Crippen LogP contribution < -0.4 is 4.74 Å². The molecule has 0 spiro atoms. The summed E-state index contributed by atoms with van der Waals surface area (Å²) in [5.74, 6) is 1.40. The van der Waals surface area contributed by atoms with Gasteiger partial charge < -0.3 is 19.5 Å². The number of alkyl halides is 1. The molecule has 0 saturated carbocycles. The van der Waals surface area contributed by atoms with E-state index in [9.17, 15) is 9.90 Å². The maximum atomic E-state index is 12.3. The molecule has 0 unspecified atom stereocenters. The summed E-state index contributed by atoms with van der Waals surface area (Å²) >= 11 is 6.24. The fourth-order valence-electron chi connectivity index (χ4n) is 4.23. The van der Waals surface area contributed by atoms with Crippen molar-refractivity contribution in [2.45, 2.75) is 13.0 Å². The second kappa shape index (κ2) is 14.1. The molecule has 1 amide bonds. The minimum absolute atomic E-state index is 0.217. The van der Waals surface area contributed by atoms with Gasteiger partial charge in [0.15, 0.2) is 0 Å². The molecule has 0 fully saturated rings. The van der Waals surface area contributed by atoms with E-state index in [0.717, 1.165) is 33.4 Å². The first-order chi connectivity index (χ1) is 19.0. The number of rotatable bonds is 11. The average molecular weight is 542 g/mol. The summed E-state index contributed by atoms with van der Waals surface area (Å²) in [4.78, 5) is 13.8. The Morgan fingerprint density at radius 2 is 1.38 bits per heavy atom. The fraction of sp³-hybridized carbons (Fsp3) is 0.182. The van der Waals surface area contributed by atoms with Gasteiger partial charge in [-0.1, -0.05) is 84.9 Å². The number of halogens is 1. The number of hydrogen-bond donors (Lipinski definition) is 1. The van der Waals surface area contributed by atoms with Crippen molar-refractivity contribution in [2.24, 2.45) is 0 Å². The van der Waals surface area contributed by atoms with Gasteiger partial charge in [-0.3, -0.25) is 0 Å². The Kier molecular flexibility index (Phi) is 10.0. The number of benzene rings is 4. The molecule has 39 heavy (non-hydrogen) atoms. The van der Waals surface area contributed by atoms with Gasteiger partial charge in [-0.15, -0.1) is 11.6 Å². The van der Waals surface area contributed by atoms with E-state index in [2.05, 4.69) is 12.1 Å². The Bertz CT molecular complexity index is 1350. The van der Waals surface area contributed by atoms with Gasteiger partial charge >= 0.3 is 6.09 Å². The maximum Gasteiger partial charge on any atom is 0.409 e. The van der Waals surface area contributed by atoms with Crippen LogP contribution in [0, 0.1) is 0 Å². The van der Waals surface area contributed by atoms with E-state index in [1.807, 2.05) is 84.9 Å². The summed E-state index contributed by atoms with van der Waals surface area (Å²) in [6, 6.07) is 34.9. The predicted molar refractivity (Wildman–Crippen MR) is 157 cm³/mol. The topological polar surface area (TPSA) is 59.0 Å². The van der Waals surface area contributed by atoms with E-state index in [4.69, 9.17) is 21.1 Å². The van der Waals surface area contributed by atoms with E-state index in [1.54, 1.807) is 19.2 Å². The van der Waals surface area contributed by atoms with E-state index in [1.165, 1.54) is 4.90 Å². The summed E-state index contributed by atoms with van der Waals surface area (Å²) in [5, 5.41) is 9.86. The molecule has 0 aromatic heterocycles. The van der Waals surface area contributed by atoms with Gasteiger partial charge in [0.05, 0.1) is 6.54 Å². The van der Waals surface area contributed by atoms with Crippen molar-refractivity contribution < 1.29 is 19.4 Å². The van der Waals surface area contributed by atoms with Crippen molar-refractivity contribution in [3.8, 4) is 11.5 Å². The van der Waals surface area contributed by atoms with Crippen molar-refractivity contribution in [2.75, 3.05) is 26.1 Å². The minimum atomic E-state index is -0.394. The number of phenols is 1. The predicted octanol–water partition coefficient (Wildman–Crippen LogP) is 7.63. The number of phenolic OH excluding ortho intramolecular Hbond substituents is 1. The van der Waals surface area contributed by atoms with Gasteiger partial charge in [0, 0.05) is 12.9 Å². The molecule has 0 radical (unpaired) electrons.